The molecule has 1 aliphatic rings. The third-order valence-corrected chi connectivity index (χ3v) is 1.96. The molecule has 1 aliphatic carbocycles. The van der Waals surface area contributed by atoms with Crippen LogP contribution in [-0.2, 0) is 0 Å². The fourth-order valence-corrected chi connectivity index (χ4v) is 1.30. The first-order valence-electron chi connectivity index (χ1n) is 3.65. The lowest BCUT2D eigenvalue weighted by Crippen LogP contribution is -2.38. The second kappa shape index (κ2) is 3.25. The molecule has 0 aromatic rings. The highest BCUT2D eigenvalue weighted by molar-refractivity contribution is 4.88. The Labute approximate surface area is 67.8 Å². The van der Waals surface area contributed by atoms with Gasteiger partial charge in [-0.05, 0) is 12.0 Å². The summed E-state index contributed by atoms with van der Waals surface area (Å²) in [7, 11) is 0. The summed E-state index contributed by atoms with van der Waals surface area (Å²) in [5.41, 5.74) is 8.03. The van der Waals surface area contributed by atoms with Gasteiger partial charge in [0, 0.05) is 17.8 Å². The highest BCUT2D eigenvalue weighted by Crippen LogP contribution is 2.34. The Hall–Kier alpha value is -0.870. The molecule has 0 radical (unpaired) electrons. The molecule has 0 heterocycles. The van der Waals surface area contributed by atoms with E-state index in [1.807, 2.05) is 0 Å². The molecule has 0 aliphatic heterocycles. The standard InChI is InChI=1S/C6H9F2N3O/c7-6(8)2-1-4(10-11-9)5(12)3-6/h4-5,12H,1-3H2/t4-,5-/m0/s1. The first kappa shape index (κ1) is 9.22. The van der Waals surface area contributed by atoms with Gasteiger partial charge in [-0.2, -0.15) is 0 Å². The Morgan fingerprint density at radius 3 is 2.75 bits per heavy atom. The molecule has 0 amide bonds. The Kier molecular flexibility index (Phi) is 2.49. The first-order chi connectivity index (χ1) is 5.55. The van der Waals surface area contributed by atoms with Crippen molar-refractivity contribution in [3.63, 3.8) is 0 Å². The lowest BCUT2D eigenvalue weighted by atomic mass is 9.90. The third-order valence-electron chi connectivity index (χ3n) is 1.96. The second-order valence-electron chi connectivity index (χ2n) is 2.94. The topological polar surface area (TPSA) is 69.0 Å². The lowest BCUT2D eigenvalue weighted by Gasteiger charge is -2.29. The molecule has 2 atom stereocenters. The van der Waals surface area contributed by atoms with E-state index in [9.17, 15) is 8.78 Å². The van der Waals surface area contributed by atoms with E-state index < -0.39 is 24.5 Å². The van der Waals surface area contributed by atoms with E-state index in [1.165, 1.54) is 0 Å². The fourth-order valence-electron chi connectivity index (χ4n) is 1.30. The van der Waals surface area contributed by atoms with Gasteiger partial charge in [0.15, 0.2) is 0 Å². The average Bonchev–Trinajstić information content (AvgIpc) is 1.94. The maximum Gasteiger partial charge on any atom is 0.250 e. The lowest BCUT2D eigenvalue weighted by molar-refractivity contribution is -0.0824. The second-order valence-corrected chi connectivity index (χ2v) is 2.94. The molecule has 6 heteroatoms. The molecule has 0 aromatic carbocycles. The Morgan fingerprint density at radius 2 is 2.25 bits per heavy atom. The minimum absolute atomic E-state index is 0.0538. The zero-order valence-corrected chi connectivity index (χ0v) is 6.32. The zero-order valence-electron chi connectivity index (χ0n) is 6.32. The van der Waals surface area contributed by atoms with Crippen molar-refractivity contribution < 1.29 is 13.9 Å². The highest BCUT2D eigenvalue weighted by Gasteiger charge is 2.40. The summed E-state index contributed by atoms with van der Waals surface area (Å²) in [6, 6.07) is -0.686. The van der Waals surface area contributed by atoms with Gasteiger partial charge in [0.25, 0.3) is 5.92 Å². The number of azide groups is 1. The quantitative estimate of drug-likeness (QED) is 0.370. The summed E-state index contributed by atoms with van der Waals surface area (Å²) in [5, 5.41) is 12.3. The van der Waals surface area contributed by atoms with Gasteiger partial charge in [0.1, 0.15) is 0 Å². The van der Waals surface area contributed by atoms with Gasteiger partial charge in [0.2, 0.25) is 0 Å². The summed E-state index contributed by atoms with van der Waals surface area (Å²) < 4.78 is 25.1. The molecule has 1 N–H and O–H groups in total. The van der Waals surface area contributed by atoms with Gasteiger partial charge < -0.3 is 5.11 Å². The SMILES string of the molecule is [N-]=[N+]=N[C@H]1CCC(F)(F)C[C@@H]1O. The summed E-state index contributed by atoms with van der Waals surface area (Å²) >= 11 is 0. The highest BCUT2D eigenvalue weighted by atomic mass is 19.3. The Morgan fingerprint density at radius 1 is 1.58 bits per heavy atom. The smallest absolute Gasteiger partial charge is 0.250 e. The molecule has 12 heavy (non-hydrogen) atoms. The third kappa shape index (κ3) is 2.06. The van der Waals surface area contributed by atoms with Crippen LogP contribution >= 0.6 is 0 Å². The molecule has 1 rings (SSSR count). The molecule has 1 saturated carbocycles. The Balaban J connectivity index is 2.59. The monoisotopic (exact) mass is 177 g/mol. The summed E-state index contributed by atoms with van der Waals surface area (Å²) in [6.45, 7) is 0. The van der Waals surface area contributed by atoms with E-state index in [-0.39, 0.29) is 12.8 Å². The van der Waals surface area contributed by atoms with Crippen molar-refractivity contribution >= 4 is 0 Å². The summed E-state index contributed by atoms with van der Waals surface area (Å²) in [6.07, 6.45) is -2.06. The van der Waals surface area contributed by atoms with Crippen LogP contribution in [0.25, 0.3) is 10.4 Å². The van der Waals surface area contributed by atoms with Gasteiger partial charge in [-0.25, -0.2) is 8.78 Å². The van der Waals surface area contributed by atoms with Crippen molar-refractivity contribution in [2.45, 2.75) is 37.3 Å². The van der Waals surface area contributed by atoms with Gasteiger partial charge in [-0.15, -0.1) is 0 Å². The molecule has 0 saturated heterocycles. The molecule has 1 fully saturated rings. The normalized spacial score (nSPS) is 33.9. The van der Waals surface area contributed by atoms with Gasteiger partial charge in [0.05, 0.1) is 12.1 Å². The van der Waals surface area contributed by atoms with Crippen LogP contribution in [0, 0.1) is 0 Å². The van der Waals surface area contributed by atoms with E-state index in [0.29, 0.717) is 0 Å². The first-order valence-corrected chi connectivity index (χ1v) is 3.65. The summed E-state index contributed by atoms with van der Waals surface area (Å²) in [4.78, 5) is 2.48. The molecular formula is C6H9F2N3O. The van der Waals surface area contributed by atoms with E-state index >= 15 is 0 Å². The van der Waals surface area contributed by atoms with Crippen molar-refractivity contribution in [1.82, 2.24) is 0 Å². The molecule has 0 aromatic heterocycles. The van der Waals surface area contributed by atoms with Crippen LogP contribution in [0.4, 0.5) is 8.78 Å². The van der Waals surface area contributed by atoms with Crippen molar-refractivity contribution in [2.24, 2.45) is 5.11 Å². The number of aliphatic hydroxyl groups is 1. The number of nitrogens with zero attached hydrogens (tertiary/aromatic N) is 3. The average molecular weight is 177 g/mol. The van der Waals surface area contributed by atoms with Crippen LogP contribution in [0.3, 0.4) is 0 Å². The molecule has 4 nitrogen and oxygen atoms in total. The maximum atomic E-state index is 12.6. The molecule has 0 spiro atoms. The summed E-state index contributed by atoms with van der Waals surface area (Å²) in [5.74, 6) is -2.80. The van der Waals surface area contributed by atoms with E-state index in [2.05, 4.69) is 10.0 Å². The largest absolute Gasteiger partial charge is 0.392 e. The van der Waals surface area contributed by atoms with Gasteiger partial charge in [-0.3, -0.25) is 0 Å². The van der Waals surface area contributed by atoms with Crippen LogP contribution in [0.2, 0.25) is 0 Å². The maximum absolute atomic E-state index is 12.6. The predicted octanol–water partition coefficient (Wildman–Crippen LogP) is 1.85. The number of rotatable bonds is 1. The minimum atomic E-state index is -2.80. The van der Waals surface area contributed by atoms with Crippen LogP contribution < -0.4 is 0 Å². The van der Waals surface area contributed by atoms with Crippen molar-refractivity contribution in [2.75, 3.05) is 0 Å². The van der Waals surface area contributed by atoms with Crippen molar-refractivity contribution in [3.05, 3.63) is 10.4 Å². The zero-order chi connectivity index (χ0) is 9.19. The van der Waals surface area contributed by atoms with Crippen molar-refractivity contribution in [3.8, 4) is 0 Å². The molecule has 0 unspecified atom stereocenters. The van der Waals surface area contributed by atoms with Crippen LogP contribution in [0.1, 0.15) is 19.3 Å². The van der Waals surface area contributed by atoms with Crippen LogP contribution in [0.5, 0.6) is 0 Å². The number of halogens is 2. The molecular weight excluding hydrogens is 168 g/mol. The number of alkyl halides is 2. The van der Waals surface area contributed by atoms with E-state index in [4.69, 9.17) is 10.6 Å². The number of hydrogen-bond donors (Lipinski definition) is 1. The van der Waals surface area contributed by atoms with Gasteiger partial charge >= 0.3 is 0 Å². The number of aliphatic hydroxyl groups excluding tert-OH is 1. The van der Waals surface area contributed by atoms with E-state index in [1.54, 1.807) is 0 Å². The fraction of sp³-hybridized carbons (Fsp3) is 1.00. The van der Waals surface area contributed by atoms with E-state index in [0.717, 1.165) is 0 Å². The van der Waals surface area contributed by atoms with Crippen LogP contribution in [-0.4, -0.2) is 23.2 Å². The molecule has 0 bridgehead atoms. The minimum Gasteiger partial charge on any atom is -0.392 e. The number of hydrogen-bond acceptors (Lipinski definition) is 2. The predicted molar refractivity (Wildman–Crippen MR) is 37.7 cm³/mol. The molecule has 68 valence electrons. The van der Waals surface area contributed by atoms with Gasteiger partial charge in [-0.1, -0.05) is 5.11 Å². The van der Waals surface area contributed by atoms with Crippen LogP contribution in [0.15, 0.2) is 5.11 Å². The Bertz CT molecular complexity index is 215. The van der Waals surface area contributed by atoms with Crippen molar-refractivity contribution in [1.29, 1.82) is 0 Å².